The molecule has 2 saturated heterocycles. The fourth-order valence-electron chi connectivity index (χ4n) is 2.72. The molecule has 0 aromatic rings. The smallest absolute Gasteiger partial charge is 0.0653 e. The van der Waals surface area contributed by atoms with Crippen molar-refractivity contribution in [3.8, 4) is 0 Å². The Balaban J connectivity index is 0.000000531. The van der Waals surface area contributed by atoms with E-state index >= 15 is 0 Å². The van der Waals surface area contributed by atoms with Crippen molar-refractivity contribution in [2.24, 2.45) is 0 Å². The number of hydrogen-bond acceptors (Lipinski definition) is 2. The van der Waals surface area contributed by atoms with E-state index in [1.54, 1.807) is 7.11 Å². The zero-order valence-electron chi connectivity index (χ0n) is 10.3. The fourth-order valence-corrected chi connectivity index (χ4v) is 2.72. The molecule has 15 heavy (non-hydrogen) atoms. The number of nitrogens with zero attached hydrogens (tertiary/aromatic N) is 1. The molecule has 2 nitrogen and oxygen atoms in total. The summed E-state index contributed by atoms with van der Waals surface area (Å²) in [4.78, 5) is 2.46. The van der Waals surface area contributed by atoms with E-state index in [2.05, 4.69) is 18.1 Å². The summed E-state index contributed by atoms with van der Waals surface area (Å²) in [5, 5.41) is 0. The molecule has 2 rings (SSSR count). The molecule has 86 valence electrons. The molecule has 2 aliphatic rings. The highest BCUT2D eigenvalue weighted by atomic mass is 16.5. The predicted octanol–water partition coefficient (Wildman–Crippen LogP) is 2.62. The molecule has 0 aromatic carbocycles. The first kappa shape index (κ1) is 12.5. The molecule has 0 saturated carbocycles. The lowest BCUT2D eigenvalue weighted by Gasteiger charge is -2.30. The standard InChI is InChI=1S/C11H17NO.C2H6/c1-9-4-11(8-13-3)5-10(2)7-12(11)6-9;1-2/h1-2,4-8H2,3H3;1-2H3. The predicted molar refractivity (Wildman–Crippen MR) is 65.0 cm³/mol. The zero-order valence-corrected chi connectivity index (χ0v) is 10.3. The van der Waals surface area contributed by atoms with E-state index in [0.29, 0.717) is 0 Å². The van der Waals surface area contributed by atoms with Crippen molar-refractivity contribution in [1.29, 1.82) is 0 Å². The second kappa shape index (κ2) is 4.95. The van der Waals surface area contributed by atoms with E-state index in [1.165, 1.54) is 11.1 Å². The molecule has 0 N–H and O–H groups in total. The van der Waals surface area contributed by atoms with Crippen molar-refractivity contribution >= 4 is 0 Å². The summed E-state index contributed by atoms with van der Waals surface area (Å²) in [6.45, 7) is 15.0. The maximum absolute atomic E-state index is 5.30. The van der Waals surface area contributed by atoms with E-state index < -0.39 is 0 Å². The van der Waals surface area contributed by atoms with Gasteiger partial charge in [0.15, 0.2) is 0 Å². The van der Waals surface area contributed by atoms with Crippen LogP contribution in [0.5, 0.6) is 0 Å². The van der Waals surface area contributed by atoms with Gasteiger partial charge in [-0.2, -0.15) is 0 Å². The summed E-state index contributed by atoms with van der Waals surface area (Å²) in [5.74, 6) is 0. The minimum Gasteiger partial charge on any atom is -0.383 e. The maximum atomic E-state index is 5.30. The largest absolute Gasteiger partial charge is 0.383 e. The van der Waals surface area contributed by atoms with Gasteiger partial charge in [-0.05, 0) is 12.8 Å². The highest BCUT2D eigenvalue weighted by molar-refractivity contribution is 5.26. The minimum absolute atomic E-state index is 0.211. The Labute approximate surface area is 93.6 Å². The summed E-state index contributed by atoms with van der Waals surface area (Å²) in [7, 11) is 1.77. The van der Waals surface area contributed by atoms with Crippen LogP contribution in [0, 0.1) is 0 Å². The summed E-state index contributed by atoms with van der Waals surface area (Å²) >= 11 is 0. The topological polar surface area (TPSA) is 12.5 Å². The van der Waals surface area contributed by atoms with Gasteiger partial charge in [0.05, 0.1) is 12.1 Å². The van der Waals surface area contributed by atoms with Gasteiger partial charge in [0.1, 0.15) is 0 Å². The van der Waals surface area contributed by atoms with Crippen molar-refractivity contribution in [3.05, 3.63) is 24.3 Å². The SMILES string of the molecule is C=C1CN2CC(=C)CC2(COC)C1.CC. The third kappa shape index (κ3) is 2.32. The lowest BCUT2D eigenvalue weighted by molar-refractivity contribution is 0.0658. The number of rotatable bonds is 2. The van der Waals surface area contributed by atoms with Crippen LogP contribution < -0.4 is 0 Å². The second-order valence-corrected chi connectivity index (χ2v) is 4.37. The Hall–Kier alpha value is -0.600. The molecular formula is C13H23NO. The third-order valence-electron chi connectivity index (χ3n) is 3.07. The quantitative estimate of drug-likeness (QED) is 0.648. The molecule has 0 radical (unpaired) electrons. The van der Waals surface area contributed by atoms with Crippen molar-refractivity contribution < 1.29 is 4.74 Å². The van der Waals surface area contributed by atoms with Crippen LogP contribution in [-0.4, -0.2) is 37.2 Å². The van der Waals surface area contributed by atoms with Crippen LogP contribution in [-0.2, 0) is 4.74 Å². The Kier molecular flexibility index (Phi) is 4.12. The monoisotopic (exact) mass is 209 g/mol. The Morgan fingerprint density at radius 1 is 1.20 bits per heavy atom. The average molecular weight is 209 g/mol. The molecule has 2 aliphatic heterocycles. The zero-order chi connectivity index (χ0) is 11.5. The van der Waals surface area contributed by atoms with E-state index in [-0.39, 0.29) is 5.54 Å². The summed E-state index contributed by atoms with van der Waals surface area (Å²) in [5.41, 5.74) is 2.89. The summed E-state index contributed by atoms with van der Waals surface area (Å²) < 4.78 is 5.30. The minimum atomic E-state index is 0.211. The van der Waals surface area contributed by atoms with Gasteiger partial charge >= 0.3 is 0 Å². The first-order chi connectivity index (χ1) is 7.16. The molecule has 0 amide bonds. The number of methoxy groups -OCH3 is 1. The van der Waals surface area contributed by atoms with E-state index in [4.69, 9.17) is 4.74 Å². The Morgan fingerprint density at radius 3 is 2.07 bits per heavy atom. The first-order valence-electron chi connectivity index (χ1n) is 5.73. The maximum Gasteiger partial charge on any atom is 0.0653 e. The van der Waals surface area contributed by atoms with Crippen molar-refractivity contribution in [2.75, 3.05) is 26.8 Å². The molecule has 0 aliphatic carbocycles. The van der Waals surface area contributed by atoms with Gasteiger partial charge in [-0.1, -0.05) is 38.2 Å². The van der Waals surface area contributed by atoms with Gasteiger partial charge in [0, 0.05) is 20.2 Å². The van der Waals surface area contributed by atoms with Gasteiger partial charge in [-0.15, -0.1) is 0 Å². The van der Waals surface area contributed by atoms with Crippen LogP contribution in [0.25, 0.3) is 0 Å². The van der Waals surface area contributed by atoms with Gasteiger partial charge in [0.25, 0.3) is 0 Å². The number of hydrogen-bond donors (Lipinski definition) is 0. The van der Waals surface area contributed by atoms with Crippen molar-refractivity contribution in [1.82, 2.24) is 4.90 Å². The molecule has 0 spiro atoms. The molecule has 2 fully saturated rings. The van der Waals surface area contributed by atoms with E-state index in [1.807, 2.05) is 13.8 Å². The summed E-state index contributed by atoms with van der Waals surface area (Å²) in [6.07, 6.45) is 2.17. The van der Waals surface area contributed by atoms with Gasteiger partial charge in [0.2, 0.25) is 0 Å². The fraction of sp³-hybridized carbons (Fsp3) is 0.692. The second-order valence-electron chi connectivity index (χ2n) is 4.37. The molecule has 0 unspecified atom stereocenters. The number of ether oxygens (including phenoxy) is 1. The van der Waals surface area contributed by atoms with Gasteiger partial charge < -0.3 is 4.74 Å². The molecule has 2 heteroatoms. The number of fused-ring (bicyclic) bond motifs is 1. The molecule has 2 heterocycles. The van der Waals surface area contributed by atoms with Crippen LogP contribution >= 0.6 is 0 Å². The van der Waals surface area contributed by atoms with Crippen LogP contribution in [0.2, 0.25) is 0 Å². The van der Waals surface area contributed by atoms with Crippen molar-refractivity contribution in [2.45, 2.75) is 32.2 Å². The summed E-state index contributed by atoms with van der Waals surface area (Å²) in [6, 6.07) is 0. The van der Waals surface area contributed by atoms with Gasteiger partial charge in [-0.25, -0.2) is 0 Å². The lowest BCUT2D eigenvalue weighted by Crippen LogP contribution is -2.42. The van der Waals surface area contributed by atoms with Crippen LogP contribution in [0.15, 0.2) is 24.3 Å². The van der Waals surface area contributed by atoms with Crippen LogP contribution in [0.4, 0.5) is 0 Å². The van der Waals surface area contributed by atoms with Crippen LogP contribution in [0.1, 0.15) is 26.7 Å². The van der Waals surface area contributed by atoms with Crippen LogP contribution in [0.3, 0.4) is 0 Å². The molecular weight excluding hydrogens is 186 g/mol. The van der Waals surface area contributed by atoms with Crippen molar-refractivity contribution in [3.63, 3.8) is 0 Å². The molecule has 0 atom stereocenters. The Bertz CT molecular complexity index is 237. The normalized spacial score (nSPS) is 23.7. The third-order valence-corrected chi connectivity index (χ3v) is 3.07. The molecule has 0 aromatic heterocycles. The lowest BCUT2D eigenvalue weighted by atomic mass is 9.92. The van der Waals surface area contributed by atoms with E-state index in [0.717, 1.165) is 32.5 Å². The first-order valence-corrected chi connectivity index (χ1v) is 5.73. The highest BCUT2D eigenvalue weighted by Gasteiger charge is 2.47. The van der Waals surface area contributed by atoms with Gasteiger partial charge in [-0.3, -0.25) is 4.90 Å². The highest BCUT2D eigenvalue weighted by Crippen LogP contribution is 2.42. The Morgan fingerprint density at radius 2 is 1.67 bits per heavy atom. The average Bonchev–Trinajstić information content (AvgIpc) is 2.59. The molecule has 0 bridgehead atoms. The van der Waals surface area contributed by atoms with E-state index in [9.17, 15) is 0 Å².